The van der Waals surface area contributed by atoms with Crippen molar-refractivity contribution in [1.29, 1.82) is 0 Å². The zero-order valence-corrected chi connectivity index (χ0v) is 15.1. The molecule has 1 aliphatic carbocycles. The summed E-state index contributed by atoms with van der Waals surface area (Å²) in [5.41, 5.74) is 1.16. The molecule has 0 aromatic carbocycles. The summed E-state index contributed by atoms with van der Waals surface area (Å²) in [5, 5.41) is 0. The van der Waals surface area contributed by atoms with Crippen LogP contribution in [0.15, 0.2) is 18.2 Å². The number of carbonyl (C=O) groups excluding carboxylic acids is 1. The largest absolute Gasteiger partial charge is 0.360 e. The SMILES string of the molecule is CN1CCCN(C)c2cccc(n2)CCCN(CC2CC2)CC1=O. The van der Waals surface area contributed by atoms with Gasteiger partial charge < -0.3 is 9.80 Å². The molecular formula is C19H30N4O. The van der Waals surface area contributed by atoms with E-state index in [9.17, 15) is 4.79 Å². The first-order valence-corrected chi connectivity index (χ1v) is 9.25. The Morgan fingerprint density at radius 3 is 2.67 bits per heavy atom. The Balaban J connectivity index is 1.69. The van der Waals surface area contributed by atoms with Crippen LogP contribution in [-0.4, -0.2) is 67.5 Å². The van der Waals surface area contributed by atoms with Crippen molar-refractivity contribution in [2.24, 2.45) is 5.92 Å². The summed E-state index contributed by atoms with van der Waals surface area (Å²) in [4.78, 5) is 23.7. The summed E-state index contributed by atoms with van der Waals surface area (Å²) < 4.78 is 0. The van der Waals surface area contributed by atoms with Crippen LogP contribution in [0.1, 0.15) is 31.4 Å². The Morgan fingerprint density at radius 2 is 1.88 bits per heavy atom. The second-order valence-electron chi connectivity index (χ2n) is 7.36. The van der Waals surface area contributed by atoms with Gasteiger partial charge in [0.1, 0.15) is 5.82 Å². The topological polar surface area (TPSA) is 39.7 Å². The lowest BCUT2D eigenvalue weighted by Gasteiger charge is -2.26. The van der Waals surface area contributed by atoms with E-state index in [1.54, 1.807) is 0 Å². The molecule has 1 fully saturated rings. The van der Waals surface area contributed by atoms with E-state index in [-0.39, 0.29) is 5.91 Å². The molecule has 1 saturated carbocycles. The predicted molar refractivity (Wildman–Crippen MR) is 97.2 cm³/mol. The van der Waals surface area contributed by atoms with Crippen LogP contribution in [0.5, 0.6) is 0 Å². The summed E-state index contributed by atoms with van der Waals surface area (Å²) in [7, 11) is 4.01. The molecule has 1 aliphatic heterocycles. The molecule has 1 aromatic heterocycles. The maximum Gasteiger partial charge on any atom is 0.236 e. The van der Waals surface area contributed by atoms with Gasteiger partial charge in [-0.05, 0) is 56.7 Å². The molecule has 0 unspecified atom stereocenters. The van der Waals surface area contributed by atoms with Crippen LogP contribution in [-0.2, 0) is 11.2 Å². The normalized spacial score (nSPS) is 21.7. The molecule has 0 saturated heterocycles. The van der Waals surface area contributed by atoms with Gasteiger partial charge >= 0.3 is 0 Å². The molecule has 5 nitrogen and oxygen atoms in total. The Labute approximate surface area is 145 Å². The highest BCUT2D eigenvalue weighted by Crippen LogP contribution is 2.29. The fourth-order valence-corrected chi connectivity index (χ4v) is 3.30. The maximum absolute atomic E-state index is 12.5. The molecule has 2 heterocycles. The minimum Gasteiger partial charge on any atom is -0.360 e. The van der Waals surface area contributed by atoms with Crippen molar-refractivity contribution in [1.82, 2.24) is 14.8 Å². The number of pyridine rings is 1. The number of likely N-dealkylation sites (N-methyl/N-ethyl adjacent to an activating group) is 1. The zero-order valence-electron chi connectivity index (χ0n) is 15.1. The molecule has 1 aromatic rings. The van der Waals surface area contributed by atoms with Gasteiger partial charge in [0.25, 0.3) is 0 Å². The Bertz CT molecular complexity index is 558. The highest BCUT2D eigenvalue weighted by molar-refractivity contribution is 5.78. The molecule has 0 atom stereocenters. The van der Waals surface area contributed by atoms with Gasteiger partial charge in [-0.3, -0.25) is 9.69 Å². The van der Waals surface area contributed by atoms with E-state index < -0.39 is 0 Å². The molecule has 0 spiro atoms. The third-order valence-electron chi connectivity index (χ3n) is 5.08. The fourth-order valence-electron chi connectivity index (χ4n) is 3.30. The number of aromatic nitrogens is 1. The molecular weight excluding hydrogens is 300 g/mol. The summed E-state index contributed by atoms with van der Waals surface area (Å²) in [6.07, 6.45) is 5.66. The number of aryl methyl sites for hydroxylation is 1. The minimum absolute atomic E-state index is 0.256. The van der Waals surface area contributed by atoms with E-state index in [2.05, 4.69) is 35.0 Å². The molecule has 3 rings (SSSR count). The third-order valence-corrected chi connectivity index (χ3v) is 5.08. The smallest absolute Gasteiger partial charge is 0.236 e. The molecule has 0 N–H and O–H groups in total. The lowest BCUT2D eigenvalue weighted by atomic mass is 10.2. The van der Waals surface area contributed by atoms with E-state index >= 15 is 0 Å². The predicted octanol–water partition coefficient (Wildman–Crippen LogP) is 2.02. The first-order chi connectivity index (χ1) is 11.6. The van der Waals surface area contributed by atoms with Gasteiger partial charge in [-0.15, -0.1) is 0 Å². The van der Waals surface area contributed by atoms with Crippen molar-refractivity contribution < 1.29 is 4.79 Å². The standard InChI is InChI=1S/C19H30N4O/c1-21-11-5-12-22(2)19(24)15-23(14-16-9-10-16)13-4-7-17-6-3-8-18(21)20-17/h3,6,8,16H,4-5,7,9-15H2,1-2H3. The summed E-state index contributed by atoms with van der Waals surface area (Å²) >= 11 is 0. The molecule has 1 amide bonds. The van der Waals surface area contributed by atoms with Crippen molar-refractivity contribution in [3.63, 3.8) is 0 Å². The van der Waals surface area contributed by atoms with Crippen molar-refractivity contribution in [2.45, 2.75) is 32.1 Å². The second-order valence-corrected chi connectivity index (χ2v) is 7.36. The molecule has 0 radical (unpaired) electrons. The van der Waals surface area contributed by atoms with E-state index in [0.717, 1.165) is 62.9 Å². The number of carbonyl (C=O) groups is 1. The van der Waals surface area contributed by atoms with Gasteiger partial charge in [0, 0.05) is 39.4 Å². The van der Waals surface area contributed by atoms with Crippen LogP contribution >= 0.6 is 0 Å². The fraction of sp³-hybridized carbons (Fsp3) is 0.684. The minimum atomic E-state index is 0.256. The number of anilines is 1. The lowest BCUT2D eigenvalue weighted by Crippen LogP contribution is -2.41. The zero-order chi connectivity index (χ0) is 16.9. The van der Waals surface area contributed by atoms with Crippen LogP contribution in [0.4, 0.5) is 5.82 Å². The van der Waals surface area contributed by atoms with Crippen LogP contribution in [0.3, 0.4) is 0 Å². The average Bonchev–Trinajstić information content (AvgIpc) is 3.38. The van der Waals surface area contributed by atoms with Crippen LogP contribution < -0.4 is 4.90 Å². The van der Waals surface area contributed by atoms with E-state index in [1.165, 1.54) is 12.8 Å². The van der Waals surface area contributed by atoms with Crippen LogP contribution in [0.25, 0.3) is 0 Å². The van der Waals surface area contributed by atoms with E-state index in [0.29, 0.717) is 6.54 Å². The highest BCUT2D eigenvalue weighted by Gasteiger charge is 2.25. The highest BCUT2D eigenvalue weighted by atomic mass is 16.2. The number of rotatable bonds is 2. The van der Waals surface area contributed by atoms with Gasteiger partial charge in [-0.2, -0.15) is 0 Å². The molecule has 5 heteroatoms. The molecule has 2 aliphatic rings. The second kappa shape index (κ2) is 7.97. The van der Waals surface area contributed by atoms with Crippen molar-refractivity contribution in [3.05, 3.63) is 23.9 Å². The summed E-state index contributed by atoms with van der Waals surface area (Å²) in [5.74, 6) is 2.11. The van der Waals surface area contributed by atoms with E-state index in [4.69, 9.17) is 4.98 Å². The van der Waals surface area contributed by atoms with Gasteiger partial charge in [-0.25, -0.2) is 4.98 Å². The number of nitrogens with zero attached hydrogens (tertiary/aromatic N) is 4. The number of hydrogen-bond donors (Lipinski definition) is 0. The Kier molecular flexibility index (Phi) is 5.72. The van der Waals surface area contributed by atoms with Crippen molar-refractivity contribution in [2.75, 3.05) is 51.7 Å². The first kappa shape index (κ1) is 17.2. The van der Waals surface area contributed by atoms with E-state index in [1.807, 2.05) is 11.9 Å². The summed E-state index contributed by atoms with van der Waals surface area (Å²) in [6.45, 7) is 4.35. The average molecular weight is 330 g/mol. The molecule has 24 heavy (non-hydrogen) atoms. The number of amides is 1. The number of fused-ring (bicyclic) bond motifs is 2. The van der Waals surface area contributed by atoms with Gasteiger partial charge in [0.2, 0.25) is 5.91 Å². The lowest BCUT2D eigenvalue weighted by molar-refractivity contribution is -0.131. The quantitative estimate of drug-likeness (QED) is 0.832. The van der Waals surface area contributed by atoms with Crippen molar-refractivity contribution >= 4 is 11.7 Å². The third kappa shape index (κ3) is 4.94. The van der Waals surface area contributed by atoms with Gasteiger partial charge in [-0.1, -0.05) is 6.07 Å². The van der Waals surface area contributed by atoms with Crippen molar-refractivity contribution in [3.8, 4) is 0 Å². The first-order valence-electron chi connectivity index (χ1n) is 9.25. The summed E-state index contributed by atoms with van der Waals surface area (Å²) in [6, 6.07) is 6.30. The Hall–Kier alpha value is -1.62. The van der Waals surface area contributed by atoms with Gasteiger partial charge in [0.15, 0.2) is 0 Å². The van der Waals surface area contributed by atoms with Crippen LogP contribution in [0.2, 0.25) is 0 Å². The van der Waals surface area contributed by atoms with Gasteiger partial charge in [0.05, 0.1) is 6.54 Å². The molecule has 132 valence electrons. The number of hydrogen-bond acceptors (Lipinski definition) is 4. The van der Waals surface area contributed by atoms with Crippen LogP contribution in [0, 0.1) is 5.92 Å². The monoisotopic (exact) mass is 330 g/mol. The molecule has 2 bridgehead atoms. The Morgan fingerprint density at radius 1 is 1.08 bits per heavy atom. The maximum atomic E-state index is 12.5.